The molecule has 0 fully saturated rings. The van der Waals surface area contributed by atoms with Crippen molar-refractivity contribution in [3.05, 3.63) is 21.9 Å². The molecule has 1 aromatic heterocycles. The number of rotatable bonds is 1. The van der Waals surface area contributed by atoms with E-state index in [-0.39, 0.29) is 0 Å². The smallest absolute Gasteiger partial charge is 0.210 e. The van der Waals surface area contributed by atoms with E-state index >= 15 is 0 Å². The van der Waals surface area contributed by atoms with Crippen molar-refractivity contribution in [2.45, 2.75) is 13.1 Å². The van der Waals surface area contributed by atoms with E-state index in [1.54, 1.807) is 16.2 Å². The van der Waals surface area contributed by atoms with Gasteiger partial charge in [0.1, 0.15) is 0 Å². The van der Waals surface area contributed by atoms with E-state index in [0.29, 0.717) is 0 Å². The van der Waals surface area contributed by atoms with Gasteiger partial charge in [0.25, 0.3) is 0 Å². The van der Waals surface area contributed by atoms with Crippen LogP contribution in [-0.2, 0) is 17.9 Å². The predicted molar refractivity (Wildman–Crippen MR) is 39.6 cm³/mol. The second-order valence-corrected chi connectivity index (χ2v) is 3.38. The molecule has 1 aliphatic heterocycles. The van der Waals surface area contributed by atoms with Crippen LogP contribution < -0.4 is 0 Å². The van der Waals surface area contributed by atoms with Gasteiger partial charge in [-0.05, 0) is 17.0 Å². The van der Waals surface area contributed by atoms with Gasteiger partial charge in [0.05, 0.1) is 6.54 Å². The molecule has 1 aliphatic rings. The highest BCUT2D eigenvalue weighted by Crippen LogP contribution is 2.25. The molecular weight excluding hydrogens is 146 g/mol. The summed E-state index contributed by atoms with van der Waals surface area (Å²) < 4.78 is 0. The second-order valence-electron chi connectivity index (χ2n) is 2.38. The second kappa shape index (κ2) is 2.09. The summed E-state index contributed by atoms with van der Waals surface area (Å²) in [5.74, 6) is 0. The molecule has 0 saturated carbocycles. The van der Waals surface area contributed by atoms with Crippen LogP contribution >= 0.6 is 11.3 Å². The molecular formula is C7H7NOS. The zero-order valence-electron chi connectivity index (χ0n) is 5.41. The Hall–Kier alpha value is -0.830. The Kier molecular flexibility index (Phi) is 1.24. The molecule has 0 bridgehead atoms. The van der Waals surface area contributed by atoms with Gasteiger partial charge in [-0.15, -0.1) is 11.3 Å². The molecule has 2 nitrogen and oxygen atoms in total. The maximum Gasteiger partial charge on any atom is 0.210 e. The van der Waals surface area contributed by atoms with Crippen LogP contribution in [0.15, 0.2) is 11.4 Å². The molecule has 1 amide bonds. The lowest BCUT2D eigenvalue weighted by atomic mass is 10.3. The van der Waals surface area contributed by atoms with Crippen LogP contribution in [0.3, 0.4) is 0 Å². The van der Waals surface area contributed by atoms with Gasteiger partial charge in [-0.2, -0.15) is 0 Å². The van der Waals surface area contributed by atoms with Crippen molar-refractivity contribution in [3.8, 4) is 0 Å². The fourth-order valence-electron chi connectivity index (χ4n) is 1.18. The largest absolute Gasteiger partial charge is 0.336 e. The highest BCUT2D eigenvalue weighted by atomic mass is 32.1. The molecule has 0 N–H and O–H groups in total. The van der Waals surface area contributed by atoms with Gasteiger partial charge in [0, 0.05) is 11.4 Å². The van der Waals surface area contributed by atoms with E-state index in [4.69, 9.17) is 0 Å². The van der Waals surface area contributed by atoms with Crippen molar-refractivity contribution in [1.82, 2.24) is 4.90 Å². The SMILES string of the molecule is O=CN1Cc2ccsc2C1. The number of thiophene rings is 1. The standard InChI is InChI=1S/C7H7NOS/c9-5-8-3-6-1-2-10-7(6)4-8/h1-2,5H,3-4H2. The molecule has 0 spiro atoms. The number of nitrogens with zero attached hydrogens (tertiary/aromatic N) is 1. The van der Waals surface area contributed by atoms with E-state index < -0.39 is 0 Å². The molecule has 52 valence electrons. The zero-order chi connectivity index (χ0) is 6.97. The molecule has 0 atom stereocenters. The van der Waals surface area contributed by atoms with Crippen molar-refractivity contribution in [1.29, 1.82) is 0 Å². The molecule has 0 radical (unpaired) electrons. The third kappa shape index (κ3) is 0.743. The van der Waals surface area contributed by atoms with Crippen LogP contribution in [-0.4, -0.2) is 11.3 Å². The monoisotopic (exact) mass is 153 g/mol. The van der Waals surface area contributed by atoms with Gasteiger partial charge in [-0.3, -0.25) is 4.79 Å². The lowest BCUT2D eigenvalue weighted by Crippen LogP contribution is -2.12. The Morgan fingerprint density at radius 2 is 2.50 bits per heavy atom. The fraction of sp³-hybridized carbons (Fsp3) is 0.286. The van der Waals surface area contributed by atoms with Gasteiger partial charge in [-0.25, -0.2) is 0 Å². The Morgan fingerprint density at radius 1 is 1.60 bits per heavy atom. The quantitative estimate of drug-likeness (QED) is 0.555. The molecule has 0 saturated heterocycles. The summed E-state index contributed by atoms with van der Waals surface area (Å²) in [5, 5.41) is 2.08. The lowest BCUT2D eigenvalue weighted by Gasteiger charge is -2.04. The molecule has 2 heterocycles. The lowest BCUT2D eigenvalue weighted by molar-refractivity contribution is -0.118. The summed E-state index contributed by atoms with van der Waals surface area (Å²) in [4.78, 5) is 13.4. The fourth-order valence-corrected chi connectivity index (χ4v) is 2.10. The first-order chi connectivity index (χ1) is 4.90. The number of fused-ring (bicyclic) bond motifs is 1. The highest BCUT2D eigenvalue weighted by Gasteiger charge is 2.17. The average Bonchev–Trinajstić information content (AvgIpc) is 2.42. The summed E-state index contributed by atoms with van der Waals surface area (Å²) in [6.07, 6.45) is 0.909. The van der Waals surface area contributed by atoms with Crippen LogP contribution in [0.25, 0.3) is 0 Å². The molecule has 0 unspecified atom stereocenters. The van der Waals surface area contributed by atoms with E-state index in [0.717, 1.165) is 19.5 Å². The molecule has 0 aromatic carbocycles. The maximum atomic E-state index is 10.3. The minimum atomic E-state index is 0.808. The van der Waals surface area contributed by atoms with Gasteiger partial charge in [0.2, 0.25) is 6.41 Å². The van der Waals surface area contributed by atoms with Crippen molar-refractivity contribution >= 4 is 17.7 Å². The first kappa shape index (κ1) is 5.92. The van der Waals surface area contributed by atoms with Gasteiger partial charge in [-0.1, -0.05) is 0 Å². The van der Waals surface area contributed by atoms with Crippen LogP contribution in [0, 0.1) is 0 Å². The van der Waals surface area contributed by atoms with Crippen molar-refractivity contribution in [3.63, 3.8) is 0 Å². The number of hydrogen-bond donors (Lipinski definition) is 0. The Bertz CT molecular complexity index is 235. The first-order valence-corrected chi connectivity index (χ1v) is 4.02. The van der Waals surface area contributed by atoms with E-state index in [2.05, 4.69) is 11.4 Å². The summed E-state index contributed by atoms with van der Waals surface area (Å²) >= 11 is 1.73. The van der Waals surface area contributed by atoms with E-state index in [1.807, 2.05) is 0 Å². The zero-order valence-corrected chi connectivity index (χ0v) is 6.23. The third-order valence-corrected chi connectivity index (χ3v) is 2.65. The molecule has 0 aliphatic carbocycles. The number of carbonyl (C=O) groups excluding carboxylic acids is 1. The van der Waals surface area contributed by atoms with Crippen molar-refractivity contribution < 1.29 is 4.79 Å². The first-order valence-electron chi connectivity index (χ1n) is 3.15. The van der Waals surface area contributed by atoms with E-state index in [9.17, 15) is 4.79 Å². The van der Waals surface area contributed by atoms with Gasteiger partial charge in [0.15, 0.2) is 0 Å². The summed E-state index contributed by atoms with van der Waals surface area (Å²) in [6, 6.07) is 2.09. The molecule has 10 heavy (non-hydrogen) atoms. The number of amides is 1. The summed E-state index contributed by atoms with van der Waals surface area (Å²) in [5.41, 5.74) is 1.32. The predicted octanol–water partition coefficient (Wildman–Crippen LogP) is 1.22. The normalized spacial score (nSPS) is 15.4. The van der Waals surface area contributed by atoms with Crippen LogP contribution in [0.4, 0.5) is 0 Å². The minimum Gasteiger partial charge on any atom is -0.336 e. The molecule has 2 rings (SSSR count). The van der Waals surface area contributed by atoms with Crippen LogP contribution in [0.5, 0.6) is 0 Å². The summed E-state index contributed by atoms with van der Waals surface area (Å²) in [7, 11) is 0. The number of hydrogen-bond acceptors (Lipinski definition) is 2. The third-order valence-electron chi connectivity index (χ3n) is 1.71. The van der Waals surface area contributed by atoms with Crippen molar-refractivity contribution in [2.75, 3.05) is 0 Å². The Labute approximate surface area is 63.1 Å². The van der Waals surface area contributed by atoms with E-state index in [1.165, 1.54) is 10.4 Å². The Balaban J connectivity index is 2.28. The summed E-state index contributed by atoms with van der Waals surface area (Å²) in [6.45, 7) is 1.62. The molecule has 1 aromatic rings. The highest BCUT2D eigenvalue weighted by molar-refractivity contribution is 7.10. The number of carbonyl (C=O) groups is 1. The van der Waals surface area contributed by atoms with Crippen molar-refractivity contribution in [2.24, 2.45) is 0 Å². The molecule has 3 heteroatoms. The minimum absolute atomic E-state index is 0.808. The average molecular weight is 153 g/mol. The maximum absolute atomic E-state index is 10.3. The van der Waals surface area contributed by atoms with Crippen LogP contribution in [0.2, 0.25) is 0 Å². The topological polar surface area (TPSA) is 20.3 Å². The Morgan fingerprint density at radius 3 is 3.20 bits per heavy atom. The van der Waals surface area contributed by atoms with Crippen LogP contribution in [0.1, 0.15) is 10.4 Å². The van der Waals surface area contributed by atoms with Gasteiger partial charge < -0.3 is 4.90 Å². The van der Waals surface area contributed by atoms with Gasteiger partial charge >= 0.3 is 0 Å².